The minimum Gasteiger partial charge on any atom is -0.489 e. The smallest absolute Gasteiger partial charge is 0.274 e. The Labute approximate surface area is 395 Å². The summed E-state index contributed by atoms with van der Waals surface area (Å²) in [7, 11) is -1.85. The molecule has 67 heavy (non-hydrogen) atoms. The number of nitrogens with one attached hydrogen (secondary N) is 3. The van der Waals surface area contributed by atoms with Crippen LogP contribution in [0.1, 0.15) is 74.9 Å². The molecular weight excluding hydrogens is 890 g/mol. The lowest BCUT2D eigenvalue weighted by atomic mass is 9.49. The van der Waals surface area contributed by atoms with Gasteiger partial charge in [0.1, 0.15) is 34.9 Å². The Bertz CT molecular complexity index is 3060. The highest BCUT2D eigenvalue weighted by Gasteiger charge is 2.64. The number of halogens is 1. The van der Waals surface area contributed by atoms with Crippen LogP contribution in [-0.2, 0) is 17.1 Å². The van der Waals surface area contributed by atoms with Gasteiger partial charge in [-0.15, -0.1) is 0 Å². The molecule has 3 fully saturated rings. The van der Waals surface area contributed by atoms with Crippen LogP contribution in [0.2, 0.25) is 5.02 Å². The van der Waals surface area contributed by atoms with E-state index in [9.17, 15) is 23.3 Å². The van der Waals surface area contributed by atoms with E-state index in [4.69, 9.17) is 21.1 Å². The van der Waals surface area contributed by atoms with Gasteiger partial charge in [0.2, 0.25) is 16.0 Å². The average molecular weight is 945 g/mol. The van der Waals surface area contributed by atoms with Gasteiger partial charge < -0.3 is 29.2 Å². The van der Waals surface area contributed by atoms with Crippen molar-refractivity contribution in [1.82, 2.24) is 29.7 Å². The fraction of sp³-hybridized carbons (Fsp3) is 0.380. The second-order valence-electron chi connectivity index (χ2n) is 19.1. The van der Waals surface area contributed by atoms with Crippen molar-refractivity contribution >= 4 is 50.1 Å². The number of pyridine rings is 1. The maximum absolute atomic E-state index is 13.5. The van der Waals surface area contributed by atoms with Gasteiger partial charge in [0.05, 0.1) is 21.9 Å². The van der Waals surface area contributed by atoms with Crippen molar-refractivity contribution in [1.29, 1.82) is 5.26 Å². The van der Waals surface area contributed by atoms with Crippen LogP contribution in [0.25, 0.3) is 22.0 Å². The largest absolute Gasteiger partial charge is 0.489 e. The van der Waals surface area contributed by atoms with Gasteiger partial charge in [-0.3, -0.25) is 19.2 Å². The van der Waals surface area contributed by atoms with Crippen molar-refractivity contribution in [3.63, 3.8) is 0 Å². The third kappa shape index (κ3) is 8.83. The summed E-state index contributed by atoms with van der Waals surface area (Å²) < 4.78 is 42.1. The molecular formula is C50H54ClN9O6S. The van der Waals surface area contributed by atoms with E-state index >= 15 is 0 Å². The molecule has 0 radical (unpaired) electrons. The lowest BCUT2D eigenvalue weighted by Crippen LogP contribution is -2.74. The second kappa shape index (κ2) is 17.7. The van der Waals surface area contributed by atoms with E-state index in [0.717, 1.165) is 44.6 Å². The van der Waals surface area contributed by atoms with Crippen LogP contribution in [0.4, 0.5) is 11.6 Å². The van der Waals surface area contributed by atoms with Gasteiger partial charge in [-0.25, -0.2) is 18.4 Å². The van der Waals surface area contributed by atoms with Crippen molar-refractivity contribution in [2.24, 2.45) is 17.9 Å². The van der Waals surface area contributed by atoms with E-state index in [-0.39, 0.29) is 29.4 Å². The van der Waals surface area contributed by atoms with Crippen LogP contribution in [0.3, 0.4) is 0 Å². The number of hydrogen-bond acceptors (Lipinski definition) is 11. The Kier molecular flexibility index (Phi) is 12.1. The average Bonchev–Trinajstić information content (AvgIpc) is 3.80. The first-order valence-electron chi connectivity index (χ1n) is 22.5. The molecule has 1 saturated carbocycles. The van der Waals surface area contributed by atoms with E-state index < -0.39 is 20.9 Å². The lowest BCUT2D eigenvalue weighted by molar-refractivity contribution is -0.164. The number of H-pyrrole nitrogens is 1. The number of nitrogens with zero attached hydrogens (tertiary/aromatic N) is 6. The van der Waals surface area contributed by atoms with Crippen molar-refractivity contribution in [2.45, 2.75) is 71.6 Å². The molecule has 6 aromatic rings. The number of carbonyl (C=O) groups excluding carboxylic acids is 1. The summed E-state index contributed by atoms with van der Waals surface area (Å²) in [5.74, 6) is 2.41. The molecule has 5 heterocycles. The highest BCUT2D eigenvalue weighted by Crippen LogP contribution is 2.55. The fourth-order valence-corrected chi connectivity index (χ4v) is 11.3. The van der Waals surface area contributed by atoms with Gasteiger partial charge in [-0.2, -0.15) is 5.26 Å². The molecule has 2 saturated heterocycles. The number of nitriles is 1. The molecule has 0 atom stereocenters. The van der Waals surface area contributed by atoms with Crippen molar-refractivity contribution in [2.75, 3.05) is 41.6 Å². The zero-order chi connectivity index (χ0) is 47.4. The van der Waals surface area contributed by atoms with Crippen LogP contribution >= 0.6 is 11.6 Å². The van der Waals surface area contributed by atoms with E-state index in [1.54, 1.807) is 75.2 Å². The molecule has 0 spiro atoms. The van der Waals surface area contributed by atoms with Crippen LogP contribution in [0.15, 0.2) is 96.3 Å². The maximum atomic E-state index is 13.5. The standard InChI is InChI=1S/C50H54ClN9O6S/c1-7-67(63,64)57-34-12-14-42(39(22-34)40-29-58(6)45(62)43-38(40)15-18-53-43)65-36-10-8-9-30(21-36)33-27-60(28-33)35-16-19-59(20-17-35)48-54-25-32(26-55-48)44(61)56-46-49(2,3)47(50(46,4)5)66-37-13-11-31(24-52)41(51)23-37/h8-15,18,21-23,25-26,29,33,35,46-47,53,57H,7,16-17,19-20,27-28H2,1-6H3,(H,56,61). The zero-order valence-electron chi connectivity index (χ0n) is 38.3. The number of likely N-dealkylation sites (tertiary alicyclic amines) is 1. The number of fused-ring (bicyclic) bond motifs is 1. The van der Waals surface area contributed by atoms with Crippen LogP contribution in [0, 0.1) is 22.2 Å². The number of sulfonamides is 1. The van der Waals surface area contributed by atoms with Gasteiger partial charge in [0.25, 0.3) is 11.5 Å². The third-order valence-electron chi connectivity index (χ3n) is 13.9. The monoisotopic (exact) mass is 943 g/mol. The Balaban J connectivity index is 0.793. The minimum absolute atomic E-state index is 0.0704. The van der Waals surface area contributed by atoms with Gasteiger partial charge in [0, 0.05) is 115 Å². The first kappa shape index (κ1) is 45.7. The van der Waals surface area contributed by atoms with E-state index in [1.807, 2.05) is 18.2 Å². The van der Waals surface area contributed by atoms with Crippen LogP contribution < -0.4 is 30.0 Å². The first-order valence-corrected chi connectivity index (χ1v) is 24.6. The first-order chi connectivity index (χ1) is 31.9. The molecule has 15 nitrogen and oxygen atoms in total. The number of aromatic nitrogens is 4. The normalized spacial score (nSPS) is 19.5. The number of amides is 1. The molecule has 1 amide bonds. The third-order valence-corrected chi connectivity index (χ3v) is 15.5. The second-order valence-corrected chi connectivity index (χ2v) is 21.5. The molecule has 348 valence electrons. The summed E-state index contributed by atoms with van der Waals surface area (Å²) in [6.45, 7) is 13.3. The topological polar surface area (TPSA) is 188 Å². The highest BCUT2D eigenvalue weighted by molar-refractivity contribution is 7.92. The molecule has 0 bridgehead atoms. The number of hydrogen-bond donors (Lipinski definition) is 3. The molecule has 2 aliphatic heterocycles. The summed E-state index contributed by atoms with van der Waals surface area (Å²) in [6, 6.07) is 22.5. The summed E-state index contributed by atoms with van der Waals surface area (Å²) in [5.41, 5.74) is 3.21. The van der Waals surface area contributed by atoms with E-state index in [0.29, 0.717) is 73.5 Å². The minimum atomic E-state index is -3.54. The number of aromatic amines is 1. The molecule has 1 aliphatic carbocycles. The zero-order valence-corrected chi connectivity index (χ0v) is 39.9. The number of piperidine rings is 1. The van der Waals surface area contributed by atoms with Crippen molar-refractivity contribution in [3.8, 4) is 34.4 Å². The fourth-order valence-electron chi connectivity index (χ4n) is 10.5. The molecule has 3 aliphatic rings. The number of benzene rings is 3. The van der Waals surface area contributed by atoms with Gasteiger partial charge >= 0.3 is 0 Å². The summed E-state index contributed by atoms with van der Waals surface area (Å²) in [4.78, 5) is 43.4. The Morgan fingerprint density at radius 2 is 1.70 bits per heavy atom. The molecule has 3 aromatic carbocycles. The summed E-state index contributed by atoms with van der Waals surface area (Å²) in [5, 5.41) is 13.5. The van der Waals surface area contributed by atoms with Crippen LogP contribution in [-0.4, -0.2) is 88.9 Å². The highest BCUT2D eigenvalue weighted by atomic mass is 35.5. The Hall–Kier alpha value is -6.41. The lowest BCUT2D eigenvalue weighted by Gasteiger charge is -2.63. The quantitative estimate of drug-likeness (QED) is 0.102. The number of ether oxygens (including phenoxy) is 2. The van der Waals surface area contributed by atoms with Gasteiger partial charge in [0.15, 0.2) is 0 Å². The number of anilines is 2. The number of aryl methyl sites for hydroxylation is 1. The van der Waals surface area contributed by atoms with E-state index in [2.05, 4.69) is 80.7 Å². The summed E-state index contributed by atoms with van der Waals surface area (Å²) in [6.07, 6.45) is 8.39. The number of carbonyl (C=O) groups is 1. The Morgan fingerprint density at radius 1 is 0.970 bits per heavy atom. The van der Waals surface area contributed by atoms with Crippen LogP contribution in [0.5, 0.6) is 17.2 Å². The molecule has 17 heteroatoms. The number of rotatable bonds is 13. The predicted octanol–water partition coefficient (Wildman–Crippen LogP) is 8.08. The SMILES string of the molecule is CCS(=O)(=O)Nc1ccc(Oc2cccc(C3CN(C4CCN(c5ncc(C(=O)NC6C(C)(C)C(Oc7ccc(C#N)c(Cl)c7)C6(C)C)cn5)CC4)C3)c2)c(-c2cn(C)c(=O)c3[nH]ccc23)c1. The van der Waals surface area contributed by atoms with Gasteiger partial charge in [-0.05, 0) is 73.9 Å². The van der Waals surface area contributed by atoms with Gasteiger partial charge in [-0.1, -0.05) is 51.4 Å². The Morgan fingerprint density at radius 3 is 2.39 bits per heavy atom. The van der Waals surface area contributed by atoms with Crippen molar-refractivity contribution in [3.05, 3.63) is 124 Å². The van der Waals surface area contributed by atoms with E-state index in [1.165, 1.54) is 10.1 Å². The predicted molar refractivity (Wildman–Crippen MR) is 260 cm³/mol. The summed E-state index contributed by atoms with van der Waals surface area (Å²) >= 11 is 6.26. The van der Waals surface area contributed by atoms with Crippen molar-refractivity contribution < 1.29 is 22.7 Å². The molecule has 3 aromatic heterocycles. The molecule has 9 rings (SSSR count). The molecule has 3 N–H and O–H groups in total. The molecule has 0 unspecified atom stereocenters. The maximum Gasteiger partial charge on any atom is 0.274 e.